The van der Waals surface area contributed by atoms with Gasteiger partial charge in [0.25, 0.3) is 0 Å². The van der Waals surface area contributed by atoms with Crippen molar-refractivity contribution in [3.63, 3.8) is 0 Å². The Labute approximate surface area is 96.6 Å². The summed E-state index contributed by atoms with van der Waals surface area (Å²) in [4.78, 5) is 17.5. The lowest BCUT2D eigenvalue weighted by Gasteiger charge is -2.30. The van der Waals surface area contributed by atoms with Crippen molar-refractivity contribution < 1.29 is 4.79 Å². The maximum absolute atomic E-state index is 12.3. The third-order valence-electron chi connectivity index (χ3n) is 3.68. The maximum Gasteiger partial charge on any atom is 0.301 e. The highest BCUT2D eigenvalue weighted by Gasteiger charge is 2.58. The molecular weight excluding hydrogens is 202 g/mol. The minimum absolute atomic E-state index is 0.0431. The second-order valence-electron chi connectivity index (χ2n) is 6.00. The first-order chi connectivity index (χ1) is 7.36. The molecular formula is C12H19N3O. The van der Waals surface area contributed by atoms with E-state index in [0.29, 0.717) is 12.0 Å². The van der Waals surface area contributed by atoms with Gasteiger partial charge in [-0.25, -0.2) is 6.57 Å². The molecule has 16 heavy (non-hydrogen) atoms. The summed E-state index contributed by atoms with van der Waals surface area (Å²) in [5, 5.41) is 0. The van der Waals surface area contributed by atoms with Gasteiger partial charge in [0, 0.05) is 12.5 Å². The smallest absolute Gasteiger partial charge is 0.301 e. The summed E-state index contributed by atoms with van der Waals surface area (Å²) in [6.07, 6.45) is 1.65. The standard InChI is InChI=1S/C12H19N3O/c1-12(2,3)10(13)11(16)15-8-5-7(8)6-9(15)14-4/h7-10H,5-6,13H2,1-3H3. The number of amides is 1. The predicted octanol–water partition coefficient (Wildman–Crippen LogP) is 1.23. The summed E-state index contributed by atoms with van der Waals surface area (Å²) >= 11 is 0. The zero-order valence-corrected chi connectivity index (χ0v) is 10.1. The number of carbonyl (C=O) groups excluding carboxylic acids is 1. The molecule has 2 N–H and O–H groups in total. The summed E-state index contributed by atoms with van der Waals surface area (Å²) < 4.78 is 0. The normalized spacial score (nSPS) is 34.2. The Morgan fingerprint density at radius 3 is 2.62 bits per heavy atom. The van der Waals surface area contributed by atoms with Crippen LogP contribution in [-0.4, -0.2) is 29.1 Å². The number of rotatable bonds is 1. The van der Waals surface area contributed by atoms with E-state index in [2.05, 4.69) is 4.85 Å². The molecule has 1 saturated heterocycles. The topological polar surface area (TPSA) is 50.7 Å². The van der Waals surface area contributed by atoms with Gasteiger partial charge in [0.2, 0.25) is 5.91 Å². The van der Waals surface area contributed by atoms with Crippen LogP contribution in [-0.2, 0) is 4.79 Å². The molecule has 1 aliphatic carbocycles. The van der Waals surface area contributed by atoms with E-state index in [-0.39, 0.29) is 17.5 Å². The van der Waals surface area contributed by atoms with Crippen LogP contribution >= 0.6 is 0 Å². The van der Waals surface area contributed by atoms with Crippen molar-refractivity contribution in [2.75, 3.05) is 0 Å². The Morgan fingerprint density at radius 2 is 2.12 bits per heavy atom. The van der Waals surface area contributed by atoms with E-state index in [4.69, 9.17) is 12.3 Å². The summed E-state index contributed by atoms with van der Waals surface area (Å²) in [5.41, 5.74) is 5.74. The second-order valence-corrected chi connectivity index (χ2v) is 6.00. The zero-order chi connectivity index (χ0) is 12.1. The van der Waals surface area contributed by atoms with Crippen LogP contribution in [0.2, 0.25) is 0 Å². The van der Waals surface area contributed by atoms with Gasteiger partial charge >= 0.3 is 6.17 Å². The fraction of sp³-hybridized carbons (Fsp3) is 0.833. The minimum atomic E-state index is -0.504. The summed E-state index contributed by atoms with van der Waals surface area (Å²) in [5.74, 6) is 0.522. The molecule has 2 rings (SSSR count). The Kier molecular flexibility index (Phi) is 2.47. The van der Waals surface area contributed by atoms with Crippen molar-refractivity contribution in [1.29, 1.82) is 0 Å². The maximum atomic E-state index is 12.3. The Bertz CT molecular complexity index is 352. The van der Waals surface area contributed by atoms with Crippen molar-refractivity contribution in [2.24, 2.45) is 17.1 Å². The molecule has 2 aliphatic rings. The van der Waals surface area contributed by atoms with Crippen molar-refractivity contribution in [1.82, 2.24) is 4.90 Å². The van der Waals surface area contributed by atoms with E-state index in [0.717, 1.165) is 12.8 Å². The van der Waals surface area contributed by atoms with Gasteiger partial charge in [-0.1, -0.05) is 20.8 Å². The van der Waals surface area contributed by atoms with Gasteiger partial charge in [-0.15, -0.1) is 0 Å². The summed E-state index contributed by atoms with van der Waals surface area (Å²) in [6, 6.07) is -0.198. The molecule has 4 heteroatoms. The highest BCUT2D eigenvalue weighted by molar-refractivity contribution is 5.84. The van der Waals surface area contributed by atoms with Crippen LogP contribution in [0.15, 0.2) is 0 Å². The summed E-state index contributed by atoms with van der Waals surface area (Å²) in [6.45, 7) is 13.0. The second kappa shape index (κ2) is 3.46. The van der Waals surface area contributed by atoms with Crippen molar-refractivity contribution in [3.05, 3.63) is 11.4 Å². The molecule has 0 bridgehead atoms. The van der Waals surface area contributed by atoms with Gasteiger partial charge in [0.15, 0.2) is 0 Å². The van der Waals surface area contributed by atoms with Gasteiger partial charge in [-0.3, -0.25) is 14.5 Å². The molecule has 1 saturated carbocycles. The van der Waals surface area contributed by atoms with Gasteiger partial charge in [0.05, 0.1) is 6.04 Å². The number of nitrogens with zero attached hydrogens (tertiary/aromatic N) is 2. The third-order valence-corrected chi connectivity index (χ3v) is 3.68. The summed E-state index contributed by atoms with van der Waals surface area (Å²) in [7, 11) is 0. The molecule has 0 aromatic heterocycles. The fourth-order valence-corrected chi connectivity index (χ4v) is 2.39. The van der Waals surface area contributed by atoms with Crippen molar-refractivity contribution >= 4 is 5.91 Å². The predicted molar refractivity (Wildman–Crippen MR) is 61.2 cm³/mol. The minimum Gasteiger partial charge on any atom is -0.319 e. The molecule has 1 aliphatic heterocycles. The Morgan fingerprint density at radius 1 is 1.50 bits per heavy atom. The van der Waals surface area contributed by atoms with Gasteiger partial charge < -0.3 is 5.73 Å². The highest BCUT2D eigenvalue weighted by Crippen LogP contribution is 2.48. The van der Waals surface area contributed by atoms with Crippen LogP contribution in [0.5, 0.6) is 0 Å². The SMILES string of the molecule is [C-]#[N+]C1CC2CC2N1C(=O)C(N)C(C)(C)C. The van der Waals surface area contributed by atoms with Crippen molar-refractivity contribution in [3.8, 4) is 0 Å². The average molecular weight is 221 g/mol. The number of carbonyl (C=O) groups is 1. The first-order valence-electron chi connectivity index (χ1n) is 5.80. The molecule has 0 radical (unpaired) electrons. The lowest BCUT2D eigenvalue weighted by molar-refractivity contribution is -0.136. The molecule has 1 amide bonds. The monoisotopic (exact) mass is 221 g/mol. The van der Waals surface area contributed by atoms with Crippen LogP contribution in [0.1, 0.15) is 33.6 Å². The molecule has 0 aromatic rings. The zero-order valence-electron chi connectivity index (χ0n) is 10.1. The largest absolute Gasteiger partial charge is 0.319 e. The average Bonchev–Trinajstić information content (AvgIpc) is 2.86. The highest BCUT2D eigenvalue weighted by atomic mass is 16.2. The number of hydrogen-bond acceptors (Lipinski definition) is 2. The lowest BCUT2D eigenvalue weighted by atomic mass is 9.86. The van der Waals surface area contributed by atoms with E-state index in [1.165, 1.54) is 0 Å². The number of hydrogen-bond donors (Lipinski definition) is 1. The van der Waals surface area contributed by atoms with Crippen LogP contribution in [0.25, 0.3) is 4.85 Å². The van der Waals surface area contributed by atoms with E-state index >= 15 is 0 Å². The Hall–Kier alpha value is -1.08. The molecule has 4 atom stereocenters. The number of nitrogens with two attached hydrogens (primary N) is 1. The molecule has 88 valence electrons. The molecule has 4 unspecified atom stereocenters. The Balaban J connectivity index is 2.13. The molecule has 4 nitrogen and oxygen atoms in total. The van der Waals surface area contributed by atoms with Gasteiger partial charge in [0.1, 0.15) is 0 Å². The first-order valence-corrected chi connectivity index (χ1v) is 5.80. The molecule has 2 fully saturated rings. The molecule has 1 heterocycles. The van der Waals surface area contributed by atoms with Crippen molar-refractivity contribution in [2.45, 2.75) is 51.9 Å². The first kappa shape index (κ1) is 11.4. The lowest BCUT2D eigenvalue weighted by Crippen LogP contribution is -2.52. The van der Waals surface area contributed by atoms with Crippen LogP contribution in [0.3, 0.4) is 0 Å². The van der Waals surface area contributed by atoms with E-state index in [1.54, 1.807) is 4.90 Å². The van der Waals surface area contributed by atoms with E-state index in [9.17, 15) is 4.79 Å². The molecule has 0 spiro atoms. The van der Waals surface area contributed by atoms with E-state index < -0.39 is 6.04 Å². The van der Waals surface area contributed by atoms with Crippen LogP contribution in [0, 0.1) is 17.9 Å². The van der Waals surface area contributed by atoms with E-state index in [1.807, 2.05) is 20.8 Å². The number of likely N-dealkylation sites (tertiary alicyclic amines) is 1. The van der Waals surface area contributed by atoms with Crippen LogP contribution in [0.4, 0.5) is 0 Å². The molecule has 0 aromatic carbocycles. The van der Waals surface area contributed by atoms with Gasteiger partial charge in [-0.2, -0.15) is 0 Å². The quantitative estimate of drug-likeness (QED) is 0.677. The third kappa shape index (κ3) is 1.69. The fourth-order valence-electron chi connectivity index (χ4n) is 2.39. The number of piperidine rings is 1. The van der Waals surface area contributed by atoms with Crippen LogP contribution < -0.4 is 5.73 Å². The van der Waals surface area contributed by atoms with Gasteiger partial charge in [-0.05, 0) is 17.8 Å². The number of fused-ring (bicyclic) bond motifs is 1.